The second kappa shape index (κ2) is 4.77. The third-order valence-corrected chi connectivity index (χ3v) is 1.83. The van der Waals surface area contributed by atoms with Crippen molar-refractivity contribution in [1.29, 1.82) is 5.26 Å². The Bertz CT molecular complexity index is 216. The van der Waals surface area contributed by atoms with Crippen LogP contribution in [0.5, 0.6) is 0 Å². The van der Waals surface area contributed by atoms with Crippen molar-refractivity contribution in [2.45, 2.75) is 33.6 Å². The Kier molecular flexibility index (Phi) is 4.36. The monoisotopic (exact) mass is 163 g/mol. The summed E-state index contributed by atoms with van der Waals surface area (Å²) in [7, 11) is 0. The van der Waals surface area contributed by atoms with E-state index in [0.717, 1.165) is 12.8 Å². The molecule has 0 aliphatic heterocycles. The van der Waals surface area contributed by atoms with Crippen LogP contribution >= 0.6 is 0 Å². The van der Waals surface area contributed by atoms with Gasteiger partial charge >= 0.3 is 0 Å². The minimum atomic E-state index is -0.265. The molecule has 0 N–H and O–H groups in total. The van der Waals surface area contributed by atoms with Crippen LogP contribution < -0.4 is 0 Å². The molecule has 0 radical (unpaired) electrons. The maximum Gasteiger partial charge on any atom is 0.0693 e. The summed E-state index contributed by atoms with van der Waals surface area (Å²) >= 11 is 0. The molecule has 0 aliphatic carbocycles. The molecule has 12 heavy (non-hydrogen) atoms. The lowest BCUT2D eigenvalue weighted by molar-refractivity contribution is 0.455. The molecule has 0 bridgehead atoms. The first kappa shape index (κ1) is 11.0. The second-order valence-electron chi connectivity index (χ2n) is 3.65. The Labute approximate surface area is 75.4 Å². The predicted octanol–water partition coefficient (Wildman–Crippen LogP) is 3.45. The Morgan fingerprint density at radius 2 is 2.08 bits per heavy atom. The zero-order chi connectivity index (χ0) is 9.61. The van der Waals surface area contributed by atoms with E-state index in [1.54, 1.807) is 0 Å². The molecule has 0 aromatic carbocycles. The molecule has 0 aromatic rings. The summed E-state index contributed by atoms with van der Waals surface area (Å²) < 4.78 is 0. The van der Waals surface area contributed by atoms with Gasteiger partial charge in [0.15, 0.2) is 0 Å². The van der Waals surface area contributed by atoms with Crippen molar-refractivity contribution in [2.75, 3.05) is 0 Å². The smallest absolute Gasteiger partial charge is 0.0693 e. The van der Waals surface area contributed by atoms with Crippen molar-refractivity contribution in [3.05, 3.63) is 24.3 Å². The molecule has 0 heterocycles. The minimum Gasteiger partial charge on any atom is -0.198 e. The van der Waals surface area contributed by atoms with Gasteiger partial charge in [-0.3, -0.25) is 0 Å². The van der Waals surface area contributed by atoms with Crippen LogP contribution in [-0.2, 0) is 0 Å². The van der Waals surface area contributed by atoms with Gasteiger partial charge in [-0.15, -0.1) is 6.58 Å². The zero-order valence-electron chi connectivity index (χ0n) is 8.22. The Hall–Kier alpha value is -1.03. The molecule has 0 fully saturated rings. The fraction of sp³-hybridized carbons (Fsp3) is 0.545. The fourth-order valence-corrected chi connectivity index (χ4v) is 0.923. The molecule has 0 saturated heterocycles. The van der Waals surface area contributed by atoms with Crippen molar-refractivity contribution in [1.82, 2.24) is 0 Å². The van der Waals surface area contributed by atoms with E-state index in [1.165, 1.54) is 5.57 Å². The lowest BCUT2D eigenvalue weighted by Gasteiger charge is -2.16. The van der Waals surface area contributed by atoms with Crippen molar-refractivity contribution >= 4 is 0 Å². The van der Waals surface area contributed by atoms with Crippen LogP contribution in [-0.4, -0.2) is 0 Å². The molecule has 1 nitrogen and oxygen atoms in total. The molecule has 0 saturated carbocycles. The highest BCUT2D eigenvalue weighted by molar-refractivity contribution is 5.06. The van der Waals surface area contributed by atoms with Gasteiger partial charge in [0.25, 0.3) is 0 Å². The summed E-state index contributed by atoms with van der Waals surface area (Å²) in [5.41, 5.74) is 1.000. The molecule has 0 spiro atoms. The number of rotatable bonds is 4. The van der Waals surface area contributed by atoms with Gasteiger partial charge in [-0.25, -0.2) is 0 Å². The van der Waals surface area contributed by atoms with Gasteiger partial charge in [-0.1, -0.05) is 17.7 Å². The maximum atomic E-state index is 8.90. The summed E-state index contributed by atoms with van der Waals surface area (Å²) in [4.78, 5) is 0. The van der Waals surface area contributed by atoms with E-state index in [2.05, 4.69) is 18.7 Å². The standard InChI is InChI=1S/C11H17N/c1-5-7-11(4,9-12)8-6-10(2)3/h5-6H,1,7-8H2,2-4H3. The molecule has 0 aliphatic rings. The summed E-state index contributed by atoms with van der Waals surface area (Å²) in [5, 5.41) is 8.90. The van der Waals surface area contributed by atoms with Gasteiger partial charge in [0.2, 0.25) is 0 Å². The summed E-state index contributed by atoms with van der Waals surface area (Å²) in [6, 6.07) is 2.32. The molecule has 1 heteroatoms. The Morgan fingerprint density at radius 1 is 1.50 bits per heavy atom. The number of nitriles is 1. The van der Waals surface area contributed by atoms with Crippen molar-refractivity contribution in [2.24, 2.45) is 5.41 Å². The number of hydrogen-bond acceptors (Lipinski definition) is 1. The first-order valence-corrected chi connectivity index (χ1v) is 4.19. The van der Waals surface area contributed by atoms with Crippen LogP contribution in [0, 0.1) is 16.7 Å². The van der Waals surface area contributed by atoms with Crippen LogP contribution in [0.15, 0.2) is 24.3 Å². The lowest BCUT2D eigenvalue weighted by atomic mass is 9.84. The summed E-state index contributed by atoms with van der Waals surface area (Å²) in [5.74, 6) is 0. The third-order valence-electron chi connectivity index (χ3n) is 1.83. The van der Waals surface area contributed by atoms with Gasteiger partial charge in [0.1, 0.15) is 0 Å². The average molecular weight is 163 g/mol. The zero-order valence-corrected chi connectivity index (χ0v) is 8.22. The quantitative estimate of drug-likeness (QED) is 0.582. The number of allylic oxidation sites excluding steroid dienone is 3. The SMILES string of the molecule is C=CCC(C)(C#N)CC=C(C)C. The molecular formula is C11H17N. The van der Waals surface area contributed by atoms with Gasteiger partial charge < -0.3 is 0 Å². The largest absolute Gasteiger partial charge is 0.198 e. The highest BCUT2D eigenvalue weighted by Crippen LogP contribution is 2.26. The van der Waals surface area contributed by atoms with Crippen LogP contribution in [0.1, 0.15) is 33.6 Å². The van der Waals surface area contributed by atoms with E-state index in [-0.39, 0.29) is 5.41 Å². The fourth-order valence-electron chi connectivity index (χ4n) is 0.923. The topological polar surface area (TPSA) is 23.8 Å². The van der Waals surface area contributed by atoms with E-state index in [4.69, 9.17) is 5.26 Å². The highest BCUT2D eigenvalue weighted by Gasteiger charge is 2.19. The Balaban J connectivity index is 4.26. The average Bonchev–Trinajstić information content (AvgIpc) is 2.02. The van der Waals surface area contributed by atoms with Crippen LogP contribution in [0.25, 0.3) is 0 Å². The molecule has 0 aromatic heterocycles. The van der Waals surface area contributed by atoms with Gasteiger partial charge in [-0.2, -0.15) is 5.26 Å². The van der Waals surface area contributed by atoms with Crippen LogP contribution in [0.2, 0.25) is 0 Å². The van der Waals surface area contributed by atoms with Crippen LogP contribution in [0.4, 0.5) is 0 Å². The normalized spacial score (nSPS) is 14.2. The third kappa shape index (κ3) is 3.98. The first-order chi connectivity index (χ1) is 5.54. The Morgan fingerprint density at radius 3 is 2.42 bits per heavy atom. The summed E-state index contributed by atoms with van der Waals surface area (Å²) in [6.07, 6.45) is 5.49. The van der Waals surface area contributed by atoms with Gasteiger partial charge in [0.05, 0.1) is 11.5 Å². The van der Waals surface area contributed by atoms with Gasteiger partial charge in [0, 0.05) is 0 Å². The van der Waals surface area contributed by atoms with Crippen molar-refractivity contribution in [3.63, 3.8) is 0 Å². The number of hydrogen-bond donors (Lipinski definition) is 0. The summed E-state index contributed by atoms with van der Waals surface area (Å²) in [6.45, 7) is 9.71. The molecule has 1 atom stereocenters. The molecule has 66 valence electrons. The first-order valence-electron chi connectivity index (χ1n) is 4.19. The molecule has 0 rings (SSSR count). The van der Waals surface area contributed by atoms with E-state index >= 15 is 0 Å². The van der Waals surface area contributed by atoms with Crippen LogP contribution in [0.3, 0.4) is 0 Å². The predicted molar refractivity (Wildman–Crippen MR) is 52.6 cm³/mol. The van der Waals surface area contributed by atoms with Crippen molar-refractivity contribution in [3.8, 4) is 6.07 Å². The molecular weight excluding hydrogens is 146 g/mol. The van der Waals surface area contributed by atoms with Crippen molar-refractivity contribution < 1.29 is 0 Å². The van der Waals surface area contributed by atoms with Gasteiger partial charge in [-0.05, 0) is 33.6 Å². The van der Waals surface area contributed by atoms with E-state index in [0.29, 0.717) is 0 Å². The minimum absolute atomic E-state index is 0.265. The number of nitrogens with zero attached hydrogens (tertiary/aromatic N) is 1. The van der Waals surface area contributed by atoms with E-state index < -0.39 is 0 Å². The molecule has 0 amide bonds. The van der Waals surface area contributed by atoms with E-state index in [1.807, 2.05) is 26.8 Å². The molecule has 1 unspecified atom stereocenters. The maximum absolute atomic E-state index is 8.90. The lowest BCUT2D eigenvalue weighted by Crippen LogP contribution is -2.10. The van der Waals surface area contributed by atoms with E-state index in [9.17, 15) is 0 Å². The highest BCUT2D eigenvalue weighted by atomic mass is 14.3. The second-order valence-corrected chi connectivity index (χ2v) is 3.65.